The lowest BCUT2D eigenvalue weighted by Gasteiger charge is -2.02. The Morgan fingerprint density at radius 3 is 2.95 bits per heavy atom. The van der Waals surface area contributed by atoms with Gasteiger partial charge in [0.1, 0.15) is 6.54 Å². The quantitative estimate of drug-likeness (QED) is 0.612. The van der Waals surface area contributed by atoms with Crippen LogP contribution in [-0.4, -0.2) is 32.7 Å². The van der Waals surface area contributed by atoms with Crippen molar-refractivity contribution in [1.29, 1.82) is 0 Å². The van der Waals surface area contributed by atoms with Crippen LogP contribution < -0.4 is 0 Å². The number of rotatable bonds is 5. The van der Waals surface area contributed by atoms with Crippen LogP contribution in [0.1, 0.15) is 34.6 Å². The fourth-order valence-electron chi connectivity index (χ4n) is 1.59. The molecule has 7 nitrogen and oxygen atoms in total. The minimum atomic E-state index is -0.529. The van der Waals surface area contributed by atoms with Gasteiger partial charge in [0, 0.05) is 6.07 Å². The van der Waals surface area contributed by atoms with E-state index in [1.807, 2.05) is 6.92 Å². The Hall–Kier alpha value is -1.89. The van der Waals surface area contributed by atoms with Crippen molar-refractivity contribution >= 4 is 17.6 Å². The van der Waals surface area contributed by atoms with Gasteiger partial charge in [-0.05, 0) is 13.8 Å². The van der Waals surface area contributed by atoms with Gasteiger partial charge in [-0.15, -0.1) is 16.7 Å². The summed E-state index contributed by atoms with van der Waals surface area (Å²) in [6, 6.07) is 1.78. The lowest BCUT2D eigenvalue weighted by Crippen LogP contribution is -2.10. The number of aryl methyl sites for hydroxylation is 1. The van der Waals surface area contributed by atoms with E-state index < -0.39 is 5.97 Å². The molecule has 0 saturated carbocycles. The largest absolute Gasteiger partial charge is 0.461 e. The maximum Gasteiger partial charge on any atom is 0.360 e. The van der Waals surface area contributed by atoms with Crippen LogP contribution in [0.25, 0.3) is 0 Å². The summed E-state index contributed by atoms with van der Waals surface area (Å²) in [4.78, 5) is 11.7. The van der Waals surface area contributed by atoms with E-state index in [1.54, 1.807) is 13.0 Å². The number of hydrogen-bond acceptors (Lipinski definition) is 6. The summed E-state index contributed by atoms with van der Waals surface area (Å²) in [6.45, 7) is 4.13. The van der Waals surface area contributed by atoms with Crippen LogP contribution >= 0.6 is 11.6 Å². The van der Waals surface area contributed by atoms with Crippen molar-refractivity contribution in [2.75, 3.05) is 6.61 Å². The molecule has 0 aliphatic carbocycles. The highest BCUT2D eigenvalue weighted by Crippen LogP contribution is 2.13. The molecule has 0 unspecified atom stereocenters. The van der Waals surface area contributed by atoms with Crippen LogP contribution in [0.5, 0.6) is 0 Å². The first-order valence-corrected chi connectivity index (χ1v) is 6.26. The number of halogens is 1. The van der Waals surface area contributed by atoms with Crippen molar-refractivity contribution in [1.82, 2.24) is 20.2 Å². The number of hydrogen-bond donors (Lipinski definition) is 0. The smallest absolute Gasteiger partial charge is 0.360 e. The van der Waals surface area contributed by atoms with Gasteiger partial charge < -0.3 is 9.26 Å². The molecule has 2 aromatic rings. The molecule has 0 radical (unpaired) electrons. The van der Waals surface area contributed by atoms with E-state index in [4.69, 9.17) is 20.9 Å². The van der Waals surface area contributed by atoms with Crippen molar-refractivity contribution in [3.8, 4) is 0 Å². The molecule has 0 bridgehead atoms. The fraction of sp³-hybridized carbons (Fsp3) is 0.455. The van der Waals surface area contributed by atoms with Crippen LogP contribution in [0, 0.1) is 6.92 Å². The highest BCUT2D eigenvalue weighted by Gasteiger charge is 2.20. The second-order valence-electron chi connectivity index (χ2n) is 3.83. The monoisotopic (exact) mass is 284 g/mol. The number of nitrogens with zero attached hydrogens (tertiary/aromatic N) is 4. The third-order valence-electron chi connectivity index (χ3n) is 2.42. The van der Waals surface area contributed by atoms with E-state index >= 15 is 0 Å². The second kappa shape index (κ2) is 5.83. The maximum atomic E-state index is 11.7. The standard InChI is InChI=1S/C11H13ClN4O3/c1-3-18-11(17)10-9(5-12)16(15-13-10)6-8-4-7(2)14-19-8/h4H,3,5-6H2,1-2H3. The number of carbonyl (C=O) groups is 1. The Balaban J connectivity index is 2.24. The van der Waals surface area contributed by atoms with Crippen molar-refractivity contribution in [3.63, 3.8) is 0 Å². The van der Waals surface area contributed by atoms with Gasteiger partial charge in [0.25, 0.3) is 0 Å². The minimum absolute atomic E-state index is 0.105. The van der Waals surface area contributed by atoms with Crippen LogP contribution in [0.2, 0.25) is 0 Å². The number of esters is 1. The van der Waals surface area contributed by atoms with E-state index in [0.717, 1.165) is 5.69 Å². The molecule has 2 heterocycles. The fourth-order valence-corrected chi connectivity index (χ4v) is 1.85. The first-order valence-electron chi connectivity index (χ1n) is 5.73. The average molecular weight is 285 g/mol. The molecule has 0 aliphatic rings. The third kappa shape index (κ3) is 2.93. The zero-order valence-corrected chi connectivity index (χ0v) is 11.3. The summed E-state index contributed by atoms with van der Waals surface area (Å²) in [5.74, 6) is 0.191. The van der Waals surface area contributed by atoms with Gasteiger partial charge in [0.05, 0.1) is 23.9 Å². The predicted molar refractivity (Wildman–Crippen MR) is 65.9 cm³/mol. The summed E-state index contributed by atoms with van der Waals surface area (Å²) < 4.78 is 11.5. The van der Waals surface area contributed by atoms with E-state index in [2.05, 4.69) is 15.5 Å². The van der Waals surface area contributed by atoms with Gasteiger partial charge in [0.15, 0.2) is 11.5 Å². The molecule has 19 heavy (non-hydrogen) atoms. The lowest BCUT2D eigenvalue weighted by molar-refractivity contribution is 0.0518. The summed E-state index contributed by atoms with van der Waals surface area (Å²) in [5, 5.41) is 11.5. The van der Waals surface area contributed by atoms with Crippen LogP contribution in [0.3, 0.4) is 0 Å². The Labute approximate surface area is 114 Å². The van der Waals surface area contributed by atoms with Gasteiger partial charge in [-0.2, -0.15) is 0 Å². The normalized spacial score (nSPS) is 10.7. The van der Waals surface area contributed by atoms with Crippen molar-refractivity contribution in [3.05, 3.63) is 28.9 Å². The molecule has 0 aromatic carbocycles. The Morgan fingerprint density at radius 2 is 2.37 bits per heavy atom. The Bertz CT molecular complexity index is 578. The zero-order chi connectivity index (χ0) is 13.8. The van der Waals surface area contributed by atoms with Crippen molar-refractivity contribution in [2.24, 2.45) is 0 Å². The average Bonchev–Trinajstić information content (AvgIpc) is 2.96. The summed E-state index contributed by atoms with van der Waals surface area (Å²) >= 11 is 5.84. The molecule has 102 valence electrons. The van der Waals surface area contributed by atoms with Gasteiger partial charge in [-0.25, -0.2) is 9.48 Å². The van der Waals surface area contributed by atoms with Crippen LogP contribution in [0.15, 0.2) is 10.6 Å². The van der Waals surface area contributed by atoms with Gasteiger partial charge in [-0.1, -0.05) is 10.4 Å². The van der Waals surface area contributed by atoms with Crippen molar-refractivity contribution in [2.45, 2.75) is 26.3 Å². The van der Waals surface area contributed by atoms with E-state index in [1.165, 1.54) is 4.68 Å². The minimum Gasteiger partial charge on any atom is -0.461 e. The molecule has 0 N–H and O–H groups in total. The molecular formula is C11H13ClN4O3. The third-order valence-corrected chi connectivity index (χ3v) is 2.67. The Morgan fingerprint density at radius 1 is 1.58 bits per heavy atom. The molecule has 0 saturated heterocycles. The molecule has 0 amide bonds. The van der Waals surface area contributed by atoms with Crippen LogP contribution in [-0.2, 0) is 17.2 Å². The summed E-state index contributed by atoms with van der Waals surface area (Å²) in [7, 11) is 0. The molecule has 0 fully saturated rings. The molecule has 2 rings (SSSR count). The highest BCUT2D eigenvalue weighted by atomic mass is 35.5. The van der Waals surface area contributed by atoms with Crippen LogP contribution in [0.4, 0.5) is 0 Å². The van der Waals surface area contributed by atoms with Gasteiger partial charge >= 0.3 is 5.97 Å². The predicted octanol–water partition coefficient (Wildman–Crippen LogP) is 1.54. The molecule has 0 aliphatic heterocycles. The zero-order valence-electron chi connectivity index (χ0n) is 10.6. The Kier molecular flexibility index (Phi) is 4.16. The van der Waals surface area contributed by atoms with E-state index in [0.29, 0.717) is 18.0 Å². The second-order valence-corrected chi connectivity index (χ2v) is 4.10. The van der Waals surface area contributed by atoms with Gasteiger partial charge in [0.2, 0.25) is 0 Å². The molecule has 0 atom stereocenters. The number of carbonyl (C=O) groups excluding carboxylic acids is 1. The van der Waals surface area contributed by atoms with E-state index in [9.17, 15) is 4.79 Å². The maximum absolute atomic E-state index is 11.7. The summed E-state index contributed by atoms with van der Waals surface area (Å²) in [5.41, 5.74) is 1.40. The number of aromatic nitrogens is 4. The first-order chi connectivity index (χ1) is 9.15. The van der Waals surface area contributed by atoms with Crippen molar-refractivity contribution < 1.29 is 14.1 Å². The molecule has 2 aromatic heterocycles. The molecule has 0 spiro atoms. The first kappa shape index (κ1) is 13.5. The summed E-state index contributed by atoms with van der Waals surface area (Å²) in [6.07, 6.45) is 0. The highest BCUT2D eigenvalue weighted by molar-refractivity contribution is 6.17. The topological polar surface area (TPSA) is 83.0 Å². The number of ether oxygens (including phenoxy) is 1. The molecular weight excluding hydrogens is 272 g/mol. The number of alkyl halides is 1. The van der Waals surface area contributed by atoms with E-state index in [-0.39, 0.29) is 18.2 Å². The van der Waals surface area contributed by atoms with Gasteiger partial charge in [-0.3, -0.25) is 0 Å². The lowest BCUT2D eigenvalue weighted by atomic mass is 10.3. The molecule has 8 heteroatoms. The SMILES string of the molecule is CCOC(=O)c1nnn(Cc2cc(C)no2)c1CCl.